The predicted octanol–water partition coefficient (Wildman–Crippen LogP) is 4.93. The molecule has 1 aliphatic heterocycles. The van der Waals surface area contributed by atoms with Gasteiger partial charge in [0.2, 0.25) is 0 Å². The second-order valence-corrected chi connectivity index (χ2v) is 8.87. The van der Waals surface area contributed by atoms with Crippen molar-refractivity contribution in [3.05, 3.63) is 58.1 Å². The van der Waals surface area contributed by atoms with Crippen molar-refractivity contribution < 1.29 is 21.9 Å². The third kappa shape index (κ3) is 7.84. The summed E-state index contributed by atoms with van der Waals surface area (Å²) >= 11 is 4.24. The summed E-state index contributed by atoms with van der Waals surface area (Å²) in [7, 11) is 0. The highest BCUT2D eigenvalue weighted by Gasteiger charge is 2.32. The summed E-state index contributed by atoms with van der Waals surface area (Å²) in [4.78, 5) is 4.30. The van der Waals surface area contributed by atoms with Gasteiger partial charge in [0.15, 0.2) is 0 Å². The highest BCUT2D eigenvalue weighted by atomic mass is 35.5. The number of thiophene rings is 1. The van der Waals surface area contributed by atoms with Gasteiger partial charge in [-0.15, -0.1) is 11.3 Å². The molecule has 1 saturated heterocycles. The number of halogens is 4. The number of nitrogens with zero attached hydrogens (tertiary/aromatic N) is 1. The maximum atomic E-state index is 12.7. The smallest absolute Gasteiger partial charge is 0.430 e. The Morgan fingerprint density at radius 3 is 2.33 bits per heavy atom. The Kier molecular flexibility index (Phi) is 9.50. The van der Waals surface area contributed by atoms with Gasteiger partial charge in [0.05, 0.1) is 25.5 Å². The Labute approximate surface area is 184 Å². The second kappa shape index (κ2) is 11.6. The fourth-order valence-electron chi connectivity index (χ4n) is 2.41. The third-order valence-electron chi connectivity index (χ3n) is 3.92. The van der Waals surface area contributed by atoms with E-state index in [2.05, 4.69) is 10.3 Å². The molecule has 1 atom stereocenters. The maximum Gasteiger partial charge on any atom is 0.430 e. The first-order chi connectivity index (χ1) is 14.2. The zero-order valence-electron chi connectivity index (χ0n) is 15.7. The lowest BCUT2D eigenvalue weighted by Gasteiger charge is -2.08. The number of nitrogens with two attached hydrogens (primary N) is 1. The molecule has 2 heterocycles. The van der Waals surface area contributed by atoms with Crippen LogP contribution in [0.25, 0.3) is 0 Å². The molecule has 1 aliphatic rings. The fourth-order valence-corrected chi connectivity index (χ4v) is 4.01. The van der Waals surface area contributed by atoms with Gasteiger partial charge in [0.1, 0.15) is 5.70 Å². The number of benzene rings is 1. The molecule has 0 saturated carbocycles. The Morgan fingerprint density at radius 1 is 1.20 bits per heavy atom. The Hall–Kier alpha value is -1.72. The van der Waals surface area contributed by atoms with Crippen LogP contribution in [0, 0.1) is 0 Å². The molecule has 1 unspecified atom stereocenters. The van der Waals surface area contributed by atoms with Gasteiger partial charge in [-0.3, -0.25) is 4.21 Å². The summed E-state index contributed by atoms with van der Waals surface area (Å²) < 4.78 is 60.0. The molecule has 0 radical (unpaired) electrons. The average Bonchev–Trinajstić information content (AvgIpc) is 3.21. The van der Waals surface area contributed by atoms with Crippen molar-refractivity contribution >= 4 is 45.4 Å². The Morgan fingerprint density at radius 2 is 1.87 bits per heavy atom. The lowest BCUT2D eigenvalue weighted by Crippen LogP contribution is -2.21. The number of rotatable bonds is 4. The molecule has 3 N–H and O–H groups in total. The highest BCUT2D eigenvalue weighted by Crippen LogP contribution is 2.29. The van der Waals surface area contributed by atoms with Gasteiger partial charge < -0.3 is 15.6 Å². The number of hydrogen-bond donors (Lipinski definition) is 2. The molecular weight excluding hydrogens is 459 g/mol. The largest absolute Gasteiger partial charge is 0.768 e. The maximum absolute atomic E-state index is 12.7. The first-order valence-electron chi connectivity index (χ1n) is 8.96. The number of para-hydroxylation sites is 1. The normalized spacial score (nSPS) is 16.6. The zero-order valence-corrected chi connectivity index (χ0v) is 18.1. The zero-order chi connectivity index (χ0) is 22.1. The molecule has 11 heteroatoms. The summed E-state index contributed by atoms with van der Waals surface area (Å²) in [5, 5.41) is 3.52. The van der Waals surface area contributed by atoms with Crippen LogP contribution in [0.1, 0.15) is 24.1 Å². The van der Waals surface area contributed by atoms with Crippen molar-refractivity contribution in [2.24, 2.45) is 10.7 Å². The van der Waals surface area contributed by atoms with Crippen molar-refractivity contribution in [1.29, 1.82) is 0 Å². The van der Waals surface area contributed by atoms with E-state index >= 15 is 0 Å². The molecule has 5 nitrogen and oxygen atoms in total. The van der Waals surface area contributed by atoms with Gasteiger partial charge >= 0.3 is 6.18 Å². The monoisotopic (exact) mass is 478 g/mol. The molecule has 0 bridgehead atoms. The van der Waals surface area contributed by atoms with Gasteiger partial charge in [-0.2, -0.15) is 13.2 Å². The number of hydrogen-bond acceptors (Lipinski definition) is 6. The number of aliphatic imine (C=N–C) groups is 1. The minimum atomic E-state index is -4.73. The number of nitrogens with one attached hydrogen (secondary N) is 1. The molecular formula is C19H20ClF3N3O2S2-. The predicted molar refractivity (Wildman–Crippen MR) is 114 cm³/mol. The van der Waals surface area contributed by atoms with Crippen LogP contribution < -0.4 is 11.1 Å². The number of alkyl halides is 3. The molecule has 0 aliphatic carbocycles. The Bertz CT molecular complexity index is 914. The van der Waals surface area contributed by atoms with Crippen LogP contribution in [0.2, 0.25) is 5.02 Å². The van der Waals surface area contributed by atoms with E-state index < -0.39 is 23.0 Å². The molecule has 0 spiro atoms. The quantitative estimate of drug-likeness (QED) is 0.481. The van der Waals surface area contributed by atoms with E-state index in [1.165, 1.54) is 56.6 Å². The van der Waals surface area contributed by atoms with Crippen LogP contribution >= 0.6 is 22.9 Å². The topological polar surface area (TPSA) is 90.5 Å². The molecule has 3 rings (SSSR count). The molecule has 2 aromatic rings. The van der Waals surface area contributed by atoms with Gasteiger partial charge in [-0.25, -0.2) is 4.99 Å². The van der Waals surface area contributed by atoms with E-state index in [0.717, 1.165) is 11.3 Å². The average molecular weight is 479 g/mol. The van der Waals surface area contributed by atoms with Crippen molar-refractivity contribution in [3.63, 3.8) is 0 Å². The lowest BCUT2D eigenvalue weighted by atomic mass is 10.2. The van der Waals surface area contributed by atoms with E-state index in [1.807, 2.05) is 0 Å². The summed E-state index contributed by atoms with van der Waals surface area (Å²) in [6, 6.07) is 8.92. The first-order valence-corrected chi connectivity index (χ1v) is 11.2. The van der Waals surface area contributed by atoms with E-state index in [1.54, 1.807) is 12.1 Å². The molecule has 164 valence electrons. The lowest BCUT2D eigenvalue weighted by molar-refractivity contribution is -0.0925. The summed E-state index contributed by atoms with van der Waals surface area (Å²) in [6.07, 6.45) is 0.127. The van der Waals surface area contributed by atoms with E-state index in [0.29, 0.717) is 6.08 Å². The molecule has 1 aromatic carbocycles. The van der Waals surface area contributed by atoms with Crippen LogP contribution in [0.4, 0.5) is 18.9 Å². The standard InChI is InChI=1S/C14H10ClF3N2O2S2.C5H11N/c15-8-3-1-2-4-9(8)20-10(7-12(19)14(16,17)18)11-5-6-13(23-11)24(21)22;1-2-4-6-5-3-1/h1-7H,19H2,(H,21,22);6H,1-5H2/p-1. The van der Waals surface area contributed by atoms with Crippen LogP contribution in [-0.2, 0) is 11.1 Å². The van der Waals surface area contributed by atoms with Crippen molar-refractivity contribution in [2.45, 2.75) is 29.6 Å². The van der Waals surface area contributed by atoms with E-state index in [-0.39, 0.29) is 25.5 Å². The molecule has 0 amide bonds. The number of piperidine rings is 1. The minimum Gasteiger partial charge on any atom is -0.768 e. The van der Waals surface area contributed by atoms with Crippen molar-refractivity contribution in [1.82, 2.24) is 5.32 Å². The van der Waals surface area contributed by atoms with E-state index in [4.69, 9.17) is 17.3 Å². The first kappa shape index (κ1) is 24.5. The SMILES string of the molecule is C1CCNCC1.NC(=CC(=Nc1ccccc1Cl)c1ccc(S(=O)[O-])s1)C(F)(F)F. The van der Waals surface area contributed by atoms with Gasteiger partial charge in [0.25, 0.3) is 0 Å². The molecule has 1 fully saturated rings. The van der Waals surface area contributed by atoms with Crippen LogP contribution in [0.3, 0.4) is 0 Å². The van der Waals surface area contributed by atoms with Crippen LogP contribution in [0.5, 0.6) is 0 Å². The minimum absolute atomic E-state index is 0.0316. The second-order valence-electron chi connectivity index (χ2n) is 6.21. The van der Waals surface area contributed by atoms with Crippen LogP contribution in [0.15, 0.2) is 57.4 Å². The Balaban J connectivity index is 0.000000456. The fraction of sp³-hybridized carbons (Fsp3) is 0.316. The van der Waals surface area contributed by atoms with E-state index in [9.17, 15) is 21.9 Å². The molecule has 1 aromatic heterocycles. The molecule has 30 heavy (non-hydrogen) atoms. The van der Waals surface area contributed by atoms with Gasteiger partial charge in [-0.05, 0) is 67.4 Å². The summed E-state index contributed by atoms with van der Waals surface area (Å²) in [6.45, 7) is 2.50. The van der Waals surface area contributed by atoms with Crippen molar-refractivity contribution in [3.8, 4) is 0 Å². The summed E-state index contributed by atoms with van der Waals surface area (Å²) in [5.41, 5.74) is 3.79. The van der Waals surface area contributed by atoms with Crippen molar-refractivity contribution in [2.75, 3.05) is 13.1 Å². The van der Waals surface area contributed by atoms with Crippen LogP contribution in [-0.4, -0.2) is 33.7 Å². The number of allylic oxidation sites excluding steroid dienone is 2. The highest BCUT2D eigenvalue weighted by molar-refractivity contribution is 7.81. The summed E-state index contributed by atoms with van der Waals surface area (Å²) in [5.74, 6) is 0. The third-order valence-corrected chi connectivity index (χ3v) is 6.26. The van der Waals surface area contributed by atoms with Gasteiger partial charge in [0, 0.05) is 0 Å². The van der Waals surface area contributed by atoms with Gasteiger partial charge in [-0.1, -0.05) is 30.2 Å².